The van der Waals surface area contributed by atoms with Crippen LogP contribution in [0.1, 0.15) is 15.9 Å². The van der Waals surface area contributed by atoms with E-state index in [1.54, 1.807) is 18.2 Å². The van der Waals surface area contributed by atoms with Crippen LogP contribution in [0.15, 0.2) is 29.2 Å². The van der Waals surface area contributed by atoms with Crippen LogP contribution in [-0.4, -0.2) is 21.3 Å². The number of thiocarbonyl (C=S) groups is 1. The van der Waals surface area contributed by atoms with Gasteiger partial charge in [0.25, 0.3) is 5.24 Å². The van der Waals surface area contributed by atoms with Gasteiger partial charge in [-0.3, -0.25) is 4.79 Å². The molecular formula is C11H7NO3S2. The molecule has 1 amide bonds. The van der Waals surface area contributed by atoms with Crippen LogP contribution in [0.3, 0.4) is 0 Å². The van der Waals surface area contributed by atoms with Gasteiger partial charge in [-0.05, 0) is 35.5 Å². The summed E-state index contributed by atoms with van der Waals surface area (Å²) in [6.45, 7) is 0. The summed E-state index contributed by atoms with van der Waals surface area (Å²) in [4.78, 5) is 22.9. The van der Waals surface area contributed by atoms with Crippen molar-refractivity contribution in [2.45, 2.75) is 0 Å². The molecule has 1 heterocycles. The van der Waals surface area contributed by atoms with E-state index in [1.807, 2.05) is 0 Å². The van der Waals surface area contributed by atoms with Gasteiger partial charge in [0, 0.05) is 0 Å². The molecule has 0 saturated carbocycles. The van der Waals surface area contributed by atoms with Crippen LogP contribution in [0, 0.1) is 0 Å². The molecule has 1 saturated heterocycles. The fraction of sp³-hybridized carbons (Fsp3) is 0. The molecule has 2 rings (SSSR count). The lowest BCUT2D eigenvalue weighted by Gasteiger charge is -1.98. The first-order chi connectivity index (χ1) is 8.06. The highest BCUT2D eigenvalue weighted by atomic mass is 32.2. The van der Waals surface area contributed by atoms with Crippen molar-refractivity contribution < 1.29 is 14.7 Å². The van der Waals surface area contributed by atoms with Crippen molar-refractivity contribution in [2.24, 2.45) is 0 Å². The van der Waals surface area contributed by atoms with E-state index in [0.29, 0.717) is 15.5 Å². The summed E-state index contributed by atoms with van der Waals surface area (Å²) in [7, 11) is 0. The number of carbonyl (C=O) groups is 2. The monoisotopic (exact) mass is 265 g/mol. The van der Waals surface area contributed by atoms with Gasteiger partial charge in [0.2, 0.25) is 0 Å². The minimum atomic E-state index is -0.985. The summed E-state index contributed by atoms with van der Waals surface area (Å²) in [6.07, 6.45) is 1.69. The minimum absolute atomic E-state index is 0.201. The third kappa shape index (κ3) is 2.72. The van der Waals surface area contributed by atoms with E-state index in [2.05, 4.69) is 5.32 Å². The molecule has 0 atom stereocenters. The Kier molecular flexibility index (Phi) is 3.26. The molecule has 1 fully saturated rings. The number of benzene rings is 1. The second kappa shape index (κ2) is 4.68. The van der Waals surface area contributed by atoms with Gasteiger partial charge in [-0.1, -0.05) is 24.4 Å². The number of amides is 1. The molecule has 4 nitrogen and oxygen atoms in total. The largest absolute Gasteiger partial charge is 0.478 e. The maximum Gasteiger partial charge on any atom is 0.335 e. The van der Waals surface area contributed by atoms with E-state index >= 15 is 0 Å². The number of carbonyl (C=O) groups excluding carboxylic acids is 1. The maximum absolute atomic E-state index is 11.1. The summed E-state index contributed by atoms with van der Waals surface area (Å²) in [5.41, 5.74) is 0.902. The highest BCUT2D eigenvalue weighted by molar-refractivity contribution is 8.19. The Labute approximate surface area is 107 Å². The van der Waals surface area contributed by atoms with Gasteiger partial charge in [0.15, 0.2) is 0 Å². The zero-order chi connectivity index (χ0) is 12.4. The number of carboxylic acid groups (broad SMARTS) is 1. The van der Waals surface area contributed by atoms with Gasteiger partial charge in [0.05, 0.1) is 10.5 Å². The van der Waals surface area contributed by atoms with E-state index in [1.165, 1.54) is 12.1 Å². The van der Waals surface area contributed by atoms with Crippen LogP contribution >= 0.6 is 24.0 Å². The zero-order valence-electron chi connectivity index (χ0n) is 8.47. The molecular weight excluding hydrogens is 258 g/mol. The summed E-state index contributed by atoms with van der Waals surface area (Å²) in [6, 6.07) is 6.44. The van der Waals surface area contributed by atoms with Crippen molar-refractivity contribution in [3.63, 3.8) is 0 Å². The van der Waals surface area contributed by atoms with Crippen LogP contribution in [-0.2, 0) is 0 Å². The molecule has 0 aromatic heterocycles. The first kappa shape index (κ1) is 11.8. The summed E-state index contributed by atoms with van der Waals surface area (Å²) < 4.78 is 0. The summed E-state index contributed by atoms with van der Waals surface area (Å²) in [5, 5.41) is 11.1. The Balaban J connectivity index is 2.33. The predicted molar refractivity (Wildman–Crippen MR) is 70.1 cm³/mol. The smallest absolute Gasteiger partial charge is 0.335 e. The number of carboxylic acids is 1. The normalized spacial score (nSPS) is 17.3. The number of hydrogen-bond acceptors (Lipinski definition) is 4. The lowest BCUT2D eigenvalue weighted by molar-refractivity contribution is 0.0697. The van der Waals surface area contributed by atoms with Crippen molar-refractivity contribution in [3.8, 4) is 0 Å². The Morgan fingerprint density at radius 2 is 2.24 bits per heavy atom. The topological polar surface area (TPSA) is 66.4 Å². The van der Waals surface area contributed by atoms with Crippen LogP contribution in [0.4, 0.5) is 4.79 Å². The Hall–Kier alpha value is -1.66. The number of rotatable bonds is 2. The molecule has 0 radical (unpaired) electrons. The highest BCUT2D eigenvalue weighted by Gasteiger charge is 2.21. The van der Waals surface area contributed by atoms with Crippen molar-refractivity contribution in [3.05, 3.63) is 40.3 Å². The van der Waals surface area contributed by atoms with E-state index in [-0.39, 0.29) is 10.8 Å². The molecule has 0 aliphatic carbocycles. The van der Waals surface area contributed by atoms with E-state index in [0.717, 1.165) is 11.8 Å². The van der Waals surface area contributed by atoms with E-state index in [4.69, 9.17) is 17.3 Å². The Bertz CT molecular complexity index is 551. The summed E-state index contributed by atoms with van der Waals surface area (Å²) >= 11 is 5.97. The molecule has 1 aliphatic heterocycles. The highest BCUT2D eigenvalue weighted by Crippen LogP contribution is 2.26. The number of hydrogen-bond donors (Lipinski definition) is 2. The fourth-order valence-corrected chi connectivity index (χ4v) is 2.37. The second-order valence-corrected chi connectivity index (χ2v) is 4.71. The zero-order valence-corrected chi connectivity index (χ0v) is 10.1. The predicted octanol–water partition coefficient (Wildman–Crippen LogP) is 2.51. The van der Waals surface area contributed by atoms with Crippen molar-refractivity contribution in [2.75, 3.05) is 0 Å². The first-order valence-electron chi connectivity index (χ1n) is 4.64. The van der Waals surface area contributed by atoms with Gasteiger partial charge < -0.3 is 10.4 Å². The third-order valence-corrected chi connectivity index (χ3v) is 3.35. The van der Waals surface area contributed by atoms with Gasteiger partial charge in [-0.15, -0.1) is 0 Å². The quantitative estimate of drug-likeness (QED) is 0.635. The molecule has 86 valence electrons. The van der Waals surface area contributed by atoms with Gasteiger partial charge in [0.1, 0.15) is 4.99 Å². The SMILES string of the molecule is O=C1NC(=S)/C(=C/c2cccc(C(=O)O)c2)S1. The number of nitrogens with one attached hydrogen (secondary N) is 1. The third-order valence-electron chi connectivity index (χ3n) is 2.07. The van der Waals surface area contributed by atoms with Crippen molar-refractivity contribution in [1.82, 2.24) is 5.32 Å². The first-order valence-corrected chi connectivity index (χ1v) is 5.87. The van der Waals surface area contributed by atoms with Gasteiger partial charge in [-0.2, -0.15) is 0 Å². The molecule has 1 aliphatic rings. The fourth-order valence-electron chi connectivity index (χ4n) is 1.33. The summed E-state index contributed by atoms with van der Waals surface area (Å²) in [5.74, 6) is -0.985. The van der Waals surface area contributed by atoms with Crippen molar-refractivity contribution >= 4 is 46.3 Å². The minimum Gasteiger partial charge on any atom is -0.478 e. The molecule has 17 heavy (non-hydrogen) atoms. The lowest BCUT2D eigenvalue weighted by atomic mass is 10.1. The van der Waals surface area contributed by atoms with Crippen molar-refractivity contribution in [1.29, 1.82) is 0 Å². The maximum atomic E-state index is 11.1. The van der Waals surface area contributed by atoms with E-state index < -0.39 is 5.97 Å². The molecule has 1 aromatic rings. The van der Waals surface area contributed by atoms with Crippen LogP contribution < -0.4 is 5.32 Å². The standard InChI is InChI=1S/C11H7NO3S2/c13-10(14)7-3-1-2-6(4-7)5-8-9(16)12-11(15)17-8/h1-5H,(H,13,14)(H,12,15,16)/b8-5-. The van der Waals surface area contributed by atoms with Gasteiger partial charge >= 0.3 is 5.97 Å². The lowest BCUT2D eigenvalue weighted by Crippen LogP contribution is -2.15. The number of aromatic carboxylic acids is 1. The van der Waals surface area contributed by atoms with Crippen LogP contribution in [0.2, 0.25) is 0 Å². The second-order valence-electron chi connectivity index (χ2n) is 3.28. The Morgan fingerprint density at radius 1 is 1.47 bits per heavy atom. The number of thioether (sulfide) groups is 1. The molecule has 0 unspecified atom stereocenters. The van der Waals surface area contributed by atoms with Gasteiger partial charge in [-0.25, -0.2) is 4.79 Å². The molecule has 2 N–H and O–H groups in total. The molecule has 6 heteroatoms. The Morgan fingerprint density at radius 3 is 2.82 bits per heavy atom. The van der Waals surface area contributed by atoms with E-state index in [9.17, 15) is 9.59 Å². The molecule has 1 aromatic carbocycles. The average Bonchev–Trinajstić information content (AvgIpc) is 2.58. The molecule has 0 spiro atoms. The van der Waals surface area contributed by atoms with Crippen LogP contribution in [0.5, 0.6) is 0 Å². The average molecular weight is 265 g/mol. The van der Waals surface area contributed by atoms with Crippen LogP contribution in [0.25, 0.3) is 6.08 Å². The molecule has 0 bridgehead atoms.